The fourth-order valence-corrected chi connectivity index (χ4v) is 2.91. The molecule has 2 heterocycles. The SMILES string of the molecule is CC.CNSC(=N)C#CC1CC1.COC1=CNC(C(F)F)C=C1c1cc(C)ncc1C(N)=O.[HH]. The molecular weight excluding hydrogens is 448 g/mol. The zero-order valence-corrected chi connectivity index (χ0v) is 20.3. The van der Waals surface area contributed by atoms with Crippen LogP contribution in [0.25, 0.3) is 5.57 Å². The van der Waals surface area contributed by atoms with E-state index in [1.54, 1.807) is 20.0 Å². The number of rotatable bonds is 5. The molecule has 10 heteroatoms. The van der Waals surface area contributed by atoms with Gasteiger partial charge < -0.3 is 15.8 Å². The van der Waals surface area contributed by atoms with E-state index < -0.39 is 18.4 Å². The molecule has 3 rings (SSSR count). The molecule has 182 valence electrons. The number of methoxy groups -OCH3 is 1. The van der Waals surface area contributed by atoms with Crippen molar-refractivity contribution < 1.29 is 19.7 Å². The second kappa shape index (κ2) is 14.3. The van der Waals surface area contributed by atoms with Gasteiger partial charge in [0.05, 0.1) is 12.7 Å². The van der Waals surface area contributed by atoms with Gasteiger partial charge in [-0.05, 0) is 56.8 Å². The van der Waals surface area contributed by atoms with Gasteiger partial charge in [0.15, 0.2) is 5.04 Å². The van der Waals surface area contributed by atoms with Crippen molar-refractivity contribution in [2.24, 2.45) is 11.7 Å². The summed E-state index contributed by atoms with van der Waals surface area (Å²) in [5.41, 5.74) is 6.93. The highest BCUT2D eigenvalue weighted by molar-refractivity contribution is 8.12. The van der Waals surface area contributed by atoms with Crippen LogP contribution in [0.3, 0.4) is 0 Å². The van der Waals surface area contributed by atoms with Gasteiger partial charge in [0.2, 0.25) is 0 Å². The highest BCUT2D eigenvalue weighted by atomic mass is 32.2. The summed E-state index contributed by atoms with van der Waals surface area (Å²) in [5, 5.41) is 10.2. The van der Waals surface area contributed by atoms with Crippen LogP contribution in [0.4, 0.5) is 8.78 Å². The van der Waals surface area contributed by atoms with Crippen molar-refractivity contribution >= 4 is 28.5 Å². The molecule has 33 heavy (non-hydrogen) atoms. The molecule has 1 unspecified atom stereocenters. The summed E-state index contributed by atoms with van der Waals surface area (Å²) >= 11 is 1.26. The van der Waals surface area contributed by atoms with E-state index in [1.807, 2.05) is 13.8 Å². The van der Waals surface area contributed by atoms with E-state index in [-0.39, 0.29) is 6.99 Å². The number of ether oxygens (including phenoxy) is 1. The lowest BCUT2D eigenvalue weighted by molar-refractivity contribution is 0.0999. The minimum Gasteiger partial charge on any atom is -0.495 e. The summed E-state index contributed by atoms with van der Waals surface area (Å²) in [7, 11) is 3.21. The highest BCUT2D eigenvalue weighted by Gasteiger charge is 2.26. The molecule has 1 amide bonds. The Bertz CT molecular complexity index is 956. The number of dihydropyridines is 1. The number of aryl methyl sites for hydroxylation is 1. The molecule has 0 bridgehead atoms. The second-order valence-corrected chi connectivity index (χ2v) is 7.76. The number of nitrogens with two attached hydrogens (primary N) is 1. The van der Waals surface area contributed by atoms with Gasteiger partial charge in [-0.3, -0.25) is 19.9 Å². The van der Waals surface area contributed by atoms with Crippen LogP contribution in [0.15, 0.2) is 30.3 Å². The zero-order valence-electron chi connectivity index (χ0n) is 19.5. The van der Waals surface area contributed by atoms with Gasteiger partial charge in [-0.1, -0.05) is 19.8 Å². The Morgan fingerprint density at radius 3 is 2.64 bits per heavy atom. The maximum absolute atomic E-state index is 12.9. The minimum absolute atomic E-state index is 0. The van der Waals surface area contributed by atoms with E-state index in [9.17, 15) is 13.6 Å². The number of allylic oxidation sites excluding steroid dienone is 1. The summed E-state index contributed by atoms with van der Waals surface area (Å²) in [6, 6.07) is 0.459. The Morgan fingerprint density at radius 1 is 1.45 bits per heavy atom. The second-order valence-electron chi connectivity index (χ2n) is 6.73. The third kappa shape index (κ3) is 9.24. The monoisotopic (exact) mass is 481 g/mol. The number of pyridine rings is 1. The highest BCUT2D eigenvalue weighted by Crippen LogP contribution is 2.30. The molecule has 0 aromatic carbocycles. The van der Waals surface area contributed by atoms with Gasteiger partial charge in [-0.2, -0.15) is 0 Å². The number of alkyl halides is 2. The van der Waals surface area contributed by atoms with E-state index in [0.717, 1.165) is 0 Å². The molecule has 5 N–H and O–H groups in total. The number of hydrogen-bond donors (Lipinski definition) is 4. The van der Waals surface area contributed by atoms with E-state index in [1.165, 1.54) is 50.4 Å². The fourth-order valence-electron chi connectivity index (χ4n) is 2.60. The number of aromatic nitrogens is 1. The summed E-state index contributed by atoms with van der Waals surface area (Å²) < 4.78 is 33.8. The maximum Gasteiger partial charge on any atom is 0.261 e. The standard InChI is InChI=1S/C14H15F2N3O2.C7H10N2S.C2H6.H2/c1-7-3-8(10(5-18-7)14(17)20)9-4-11(13(15)16)19-6-12(9)21-2;1-9-10-7(8)5-4-6-2-3-6;1-2;/h3-6,11,13,19H,1-2H3,(H2,17,20);6,8-9H,2-3H2,1H3;1-2H3;1H. The number of nitrogens with one attached hydrogen (secondary N) is 3. The van der Waals surface area contributed by atoms with Gasteiger partial charge in [-0.25, -0.2) is 8.78 Å². The fraction of sp³-hybridized carbons (Fsp3) is 0.435. The molecule has 0 radical (unpaired) electrons. The predicted molar refractivity (Wildman–Crippen MR) is 132 cm³/mol. The molecule has 1 aliphatic carbocycles. The van der Waals surface area contributed by atoms with Crippen LogP contribution in [-0.2, 0) is 4.74 Å². The van der Waals surface area contributed by atoms with Crippen molar-refractivity contribution in [3.63, 3.8) is 0 Å². The smallest absolute Gasteiger partial charge is 0.261 e. The van der Waals surface area contributed by atoms with Crippen molar-refractivity contribution in [2.75, 3.05) is 14.2 Å². The van der Waals surface area contributed by atoms with E-state index in [4.69, 9.17) is 15.9 Å². The van der Waals surface area contributed by atoms with Gasteiger partial charge in [-0.15, -0.1) is 0 Å². The van der Waals surface area contributed by atoms with Gasteiger partial charge in [0.1, 0.15) is 11.8 Å². The molecule has 1 aliphatic heterocycles. The Balaban J connectivity index is 0.000000706. The Morgan fingerprint density at radius 2 is 2.12 bits per heavy atom. The topological polar surface area (TPSA) is 113 Å². The molecule has 0 saturated heterocycles. The van der Waals surface area contributed by atoms with Crippen LogP contribution in [0, 0.1) is 30.1 Å². The first-order valence-corrected chi connectivity index (χ1v) is 11.3. The van der Waals surface area contributed by atoms with Gasteiger partial charge in [0, 0.05) is 36.6 Å². The number of primary amides is 1. The van der Waals surface area contributed by atoms with Crippen LogP contribution >= 0.6 is 11.9 Å². The average molecular weight is 482 g/mol. The van der Waals surface area contributed by atoms with Crippen LogP contribution in [0.2, 0.25) is 0 Å². The molecule has 0 spiro atoms. The van der Waals surface area contributed by atoms with Crippen LogP contribution in [0.1, 0.15) is 49.7 Å². The Hall–Kier alpha value is -2.90. The van der Waals surface area contributed by atoms with Crippen LogP contribution in [0.5, 0.6) is 0 Å². The molecule has 1 aromatic rings. The Labute approximate surface area is 199 Å². The molecule has 1 atom stereocenters. The third-order valence-corrected chi connectivity index (χ3v) is 4.79. The number of nitrogens with zero attached hydrogens (tertiary/aromatic N) is 1. The quantitative estimate of drug-likeness (QED) is 0.218. The van der Waals surface area contributed by atoms with Gasteiger partial charge >= 0.3 is 0 Å². The molecule has 1 fully saturated rings. The molecule has 7 nitrogen and oxygen atoms in total. The molecule has 1 saturated carbocycles. The largest absolute Gasteiger partial charge is 0.495 e. The van der Waals surface area contributed by atoms with E-state index >= 15 is 0 Å². The predicted octanol–water partition coefficient (Wildman–Crippen LogP) is 4.11. The van der Waals surface area contributed by atoms with E-state index in [2.05, 4.69) is 26.9 Å². The zero-order chi connectivity index (χ0) is 25.0. The summed E-state index contributed by atoms with van der Waals surface area (Å²) in [5.74, 6) is 6.05. The average Bonchev–Trinajstić information content (AvgIpc) is 3.63. The van der Waals surface area contributed by atoms with Crippen molar-refractivity contribution in [1.29, 1.82) is 5.41 Å². The van der Waals surface area contributed by atoms with Crippen molar-refractivity contribution in [2.45, 2.75) is 46.1 Å². The molecule has 1 aromatic heterocycles. The van der Waals surface area contributed by atoms with Crippen LogP contribution < -0.4 is 15.8 Å². The summed E-state index contributed by atoms with van der Waals surface area (Å²) in [4.78, 5) is 15.5. The minimum atomic E-state index is -2.59. The van der Waals surface area contributed by atoms with Gasteiger partial charge in [0.25, 0.3) is 12.3 Å². The third-order valence-electron chi connectivity index (χ3n) is 4.28. The molecular formula is C23H33F2N5O2S. The lowest BCUT2D eigenvalue weighted by atomic mass is 9.95. The van der Waals surface area contributed by atoms with Crippen molar-refractivity contribution in [3.8, 4) is 11.8 Å². The first-order valence-electron chi connectivity index (χ1n) is 10.5. The number of hydrogen-bond acceptors (Lipinski definition) is 7. The summed E-state index contributed by atoms with van der Waals surface area (Å²) in [6.45, 7) is 5.73. The lowest BCUT2D eigenvalue weighted by Gasteiger charge is -2.23. The van der Waals surface area contributed by atoms with Crippen molar-refractivity contribution in [1.82, 2.24) is 15.0 Å². The summed E-state index contributed by atoms with van der Waals surface area (Å²) in [6.07, 6.45) is 3.88. The first kappa shape index (κ1) is 28.1. The lowest BCUT2D eigenvalue weighted by Crippen LogP contribution is -2.33. The number of halogens is 2. The number of carbonyl (C=O) groups excluding carboxylic acids is 1. The Kier molecular flexibility index (Phi) is 12.2. The maximum atomic E-state index is 12.9. The number of carbonyl (C=O) groups is 1. The molecule has 2 aliphatic rings. The normalized spacial score (nSPS) is 16.3. The van der Waals surface area contributed by atoms with Crippen molar-refractivity contribution in [3.05, 3.63) is 47.1 Å². The van der Waals surface area contributed by atoms with Crippen LogP contribution in [-0.4, -0.2) is 42.6 Å². The van der Waals surface area contributed by atoms with E-state index in [0.29, 0.717) is 33.6 Å². The first-order chi connectivity index (χ1) is 15.8. The number of amides is 1.